The molecule has 1 N–H and O–H groups in total. The smallest absolute Gasteiger partial charge is 0.280 e. The minimum Gasteiger partial charge on any atom is -0.357 e. The lowest BCUT2D eigenvalue weighted by Gasteiger charge is -2.13. The van der Waals surface area contributed by atoms with Crippen molar-refractivity contribution in [1.29, 1.82) is 0 Å². The van der Waals surface area contributed by atoms with Crippen LogP contribution in [0, 0.1) is 6.92 Å². The predicted molar refractivity (Wildman–Crippen MR) is 106 cm³/mol. The molecule has 4 rings (SSSR count). The summed E-state index contributed by atoms with van der Waals surface area (Å²) in [7, 11) is 1.54. The number of aromatic nitrogens is 5. The molecule has 1 amide bonds. The summed E-state index contributed by atoms with van der Waals surface area (Å²) in [6, 6.07) is 12.6. The van der Waals surface area contributed by atoms with Crippen molar-refractivity contribution < 1.29 is 4.79 Å². The van der Waals surface area contributed by atoms with Gasteiger partial charge in [0.25, 0.3) is 5.56 Å². The number of carbonyl (C=O) groups is 1. The molecule has 1 atom stereocenters. The van der Waals surface area contributed by atoms with Crippen LogP contribution in [0.3, 0.4) is 0 Å². The van der Waals surface area contributed by atoms with E-state index in [2.05, 4.69) is 15.5 Å². The fourth-order valence-corrected chi connectivity index (χ4v) is 3.27. The maximum atomic E-state index is 13.4. The van der Waals surface area contributed by atoms with E-state index in [1.165, 1.54) is 11.7 Å². The third-order valence-corrected chi connectivity index (χ3v) is 4.73. The van der Waals surface area contributed by atoms with Crippen molar-refractivity contribution in [3.63, 3.8) is 0 Å². The van der Waals surface area contributed by atoms with Crippen LogP contribution in [-0.2, 0) is 4.79 Å². The van der Waals surface area contributed by atoms with E-state index < -0.39 is 6.04 Å². The number of benzene rings is 1. The second-order valence-electron chi connectivity index (χ2n) is 6.51. The van der Waals surface area contributed by atoms with Crippen molar-refractivity contribution in [3.05, 3.63) is 70.9 Å². The molecule has 0 bridgehead atoms. The highest BCUT2D eigenvalue weighted by Gasteiger charge is 2.24. The normalized spacial score (nSPS) is 12.2. The number of nitrogens with zero attached hydrogens (tertiary/aromatic N) is 5. The molecule has 0 saturated carbocycles. The molecule has 1 unspecified atom stereocenters. The third-order valence-electron chi connectivity index (χ3n) is 4.73. The quantitative estimate of drug-likeness (QED) is 0.590. The van der Waals surface area contributed by atoms with E-state index >= 15 is 0 Å². The summed E-state index contributed by atoms with van der Waals surface area (Å²) in [6.07, 6.45) is 3.72. The summed E-state index contributed by atoms with van der Waals surface area (Å²) in [5, 5.41) is 12.0. The van der Waals surface area contributed by atoms with Crippen LogP contribution in [0.4, 0.5) is 0 Å². The third kappa shape index (κ3) is 2.70. The molecule has 3 heterocycles. The van der Waals surface area contributed by atoms with Crippen LogP contribution in [0.5, 0.6) is 0 Å². The topological polar surface area (TPSA) is 86.7 Å². The average molecular weight is 376 g/mol. The van der Waals surface area contributed by atoms with Crippen LogP contribution < -0.4 is 10.9 Å². The fraction of sp³-hybridized carbons (Fsp3) is 0.200. The molecule has 0 aliphatic rings. The summed E-state index contributed by atoms with van der Waals surface area (Å²) < 4.78 is 4.80. The zero-order valence-corrected chi connectivity index (χ0v) is 15.8. The van der Waals surface area contributed by atoms with E-state index in [4.69, 9.17) is 0 Å². The minimum atomic E-state index is -0.738. The molecule has 0 spiro atoms. The number of fused-ring (bicyclic) bond motifs is 1. The second kappa shape index (κ2) is 6.80. The van der Waals surface area contributed by atoms with Crippen LogP contribution in [0.15, 0.2) is 59.7 Å². The molecule has 0 aliphatic carbocycles. The number of likely N-dealkylation sites (N-methyl/N-ethyl adjacent to an activating group) is 1. The van der Waals surface area contributed by atoms with Gasteiger partial charge in [0.15, 0.2) is 5.82 Å². The van der Waals surface area contributed by atoms with Gasteiger partial charge in [-0.2, -0.15) is 10.2 Å². The molecule has 1 aromatic carbocycles. The van der Waals surface area contributed by atoms with Gasteiger partial charge in [-0.25, -0.2) is 9.36 Å². The lowest BCUT2D eigenvalue weighted by molar-refractivity contribution is -0.123. The summed E-state index contributed by atoms with van der Waals surface area (Å²) in [4.78, 5) is 25.5. The number of amides is 1. The maximum absolute atomic E-state index is 13.4. The molecule has 0 aliphatic heterocycles. The summed E-state index contributed by atoms with van der Waals surface area (Å²) in [5.41, 5.74) is 1.56. The van der Waals surface area contributed by atoms with Gasteiger partial charge < -0.3 is 9.88 Å². The number of carbonyl (C=O) groups excluding carboxylic acids is 1. The average Bonchev–Trinajstić information content (AvgIpc) is 3.38. The van der Waals surface area contributed by atoms with Gasteiger partial charge in [-0.3, -0.25) is 9.59 Å². The Bertz CT molecular complexity index is 1210. The van der Waals surface area contributed by atoms with E-state index in [-0.39, 0.29) is 11.5 Å². The van der Waals surface area contributed by atoms with E-state index in [9.17, 15) is 9.59 Å². The van der Waals surface area contributed by atoms with Gasteiger partial charge in [0, 0.05) is 19.4 Å². The molecule has 0 radical (unpaired) electrons. The Morgan fingerprint density at radius 1 is 1.07 bits per heavy atom. The summed E-state index contributed by atoms with van der Waals surface area (Å²) in [5.74, 6) is 0.325. The van der Waals surface area contributed by atoms with Crippen molar-refractivity contribution in [2.24, 2.45) is 0 Å². The van der Waals surface area contributed by atoms with Crippen molar-refractivity contribution >= 4 is 16.8 Å². The number of nitrogens with one attached hydrogen (secondary N) is 1. The zero-order valence-electron chi connectivity index (χ0n) is 15.8. The van der Waals surface area contributed by atoms with Crippen LogP contribution in [0.1, 0.15) is 18.7 Å². The molecule has 8 nitrogen and oxygen atoms in total. The van der Waals surface area contributed by atoms with E-state index in [0.29, 0.717) is 22.4 Å². The zero-order chi connectivity index (χ0) is 19.8. The van der Waals surface area contributed by atoms with Crippen LogP contribution in [0.2, 0.25) is 0 Å². The van der Waals surface area contributed by atoms with Gasteiger partial charge >= 0.3 is 0 Å². The number of rotatable bonds is 4. The number of hydrogen-bond donors (Lipinski definition) is 1. The maximum Gasteiger partial charge on any atom is 0.280 e. The highest BCUT2D eigenvalue weighted by Crippen LogP contribution is 2.24. The van der Waals surface area contributed by atoms with Crippen LogP contribution >= 0.6 is 0 Å². The lowest BCUT2D eigenvalue weighted by atomic mass is 10.2. The molecule has 4 aromatic rings. The SMILES string of the molecule is CNC(=O)C(C)n1nc(C)c2nn(-c3ccccc3)c(-n3cccc3)c2c1=O. The summed E-state index contributed by atoms with van der Waals surface area (Å²) >= 11 is 0. The molecule has 0 fully saturated rings. The van der Waals surface area contributed by atoms with Gasteiger partial charge in [0.2, 0.25) is 5.91 Å². The van der Waals surface area contributed by atoms with Crippen LogP contribution in [-0.4, -0.2) is 37.1 Å². The van der Waals surface area contributed by atoms with E-state index in [1.807, 2.05) is 59.4 Å². The molecular weight excluding hydrogens is 356 g/mol. The van der Waals surface area contributed by atoms with E-state index in [0.717, 1.165) is 5.69 Å². The first-order valence-corrected chi connectivity index (χ1v) is 8.95. The molecule has 0 saturated heterocycles. The van der Waals surface area contributed by atoms with Crippen molar-refractivity contribution in [3.8, 4) is 11.5 Å². The molecular formula is C20H20N6O2. The van der Waals surface area contributed by atoms with Gasteiger partial charge in [0.05, 0.1) is 11.4 Å². The lowest BCUT2D eigenvalue weighted by Crippen LogP contribution is -2.36. The molecule has 28 heavy (non-hydrogen) atoms. The Kier molecular flexibility index (Phi) is 4.31. The Labute approximate surface area is 161 Å². The van der Waals surface area contributed by atoms with Gasteiger partial charge in [-0.15, -0.1) is 0 Å². The van der Waals surface area contributed by atoms with Gasteiger partial charge in [0.1, 0.15) is 16.9 Å². The van der Waals surface area contributed by atoms with Crippen LogP contribution in [0.25, 0.3) is 22.4 Å². The van der Waals surface area contributed by atoms with Gasteiger partial charge in [-0.1, -0.05) is 18.2 Å². The molecule has 3 aromatic heterocycles. The Morgan fingerprint density at radius 3 is 2.39 bits per heavy atom. The van der Waals surface area contributed by atoms with Crippen molar-refractivity contribution in [2.45, 2.75) is 19.9 Å². The Hall–Kier alpha value is -3.68. The first kappa shape index (κ1) is 17.7. The standard InChI is InChI=1S/C20H20N6O2/c1-13-17-16(20(28)25(22-13)14(2)18(27)21-3)19(24-11-7-8-12-24)26(23-17)15-9-5-4-6-10-15/h4-12,14H,1-3H3,(H,21,27). The molecule has 8 heteroatoms. The number of aryl methyl sites for hydroxylation is 1. The number of para-hydroxylation sites is 1. The molecule has 142 valence electrons. The summed E-state index contributed by atoms with van der Waals surface area (Å²) in [6.45, 7) is 3.44. The highest BCUT2D eigenvalue weighted by molar-refractivity contribution is 5.88. The minimum absolute atomic E-state index is 0.286. The monoisotopic (exact) mass is 376 g/mol. The fourth-order valence-electron chi connectivity index (χ4n) is 3.27. The number of hydrogen-bond acceptors (Lipinski definition) is 4. The first-order valence-electron chi connectivity index (χ1n) is 8.95. The first-order chi connectivity index (χ1) is 13.5. The largest absolute Gasteiger partial charge is 0.357 e. The Morgan fingerprint density at radius 2 is 1.75 bits per heavy atom. The highest BCUT2D eigenvalue weighted by atomic mass is 16.2. The van der Waals surface area contributed by atoms with E-state index in [1.54, 1.807) is 18.5 Å². The predicted octanol–water partition coefficient (Wildman–Crippen LogP) is 1.99. The van der Waals surface area contributed by atoms with Crippen molar-refractivity contribution in [1.82, 2.24) is 29.4 Å². The second-order valence-corrected chi connectivity index (χ2v) is 6.51. The Balaban J connectivity index is 2.10. The van der Waals surface area contributed by atoms with Crippen molar-refractivity contribution in [2.75, 3.05) is 7.05 Å². The van der Waals surface area contributed by atoms with Gasteiger partial charge in [-0.05, 0) is 38.1 Å².